The van der Waals surface area contributed by atoms with Gasteiger partial charge in [0.15, 0.2) is 11.6 Å². The summed E-state index contributed by atoms with van der Waals surface area (Å²) < 4.78 is 43.4. The largest absolute Gasteiger partial charge is 0.386 e. The molecule has 0 saturated heterocycles. The average Bonchev–Trinajstić information content (AvgIpc) is 3.02. The molecule has 6 nitrogen and oxygen atoms in total. The normalized spacial score (nSPS) is 10.7. The summed E-state index contributed by atoms with van der Waals surface area (Å²) in [6, 6.07) is 5.41. The van der Waals surface area contributed by atoms with Crippen LogP contribution in [0.1, 0.15) is 12.5 Å². The van der Waals surface area contributed by atoms with Crippen LogP contribution in [0.2, 0.25) is 5.02 Å². The lowest BCUT2D eigenvalue weighted by Gasteiger charge is -2.09. The van der Waals surface area contributed by atoms with E-state index in [0.29, 0.717) is 0 Å². The van der Waals surface area contributed by atoms with Gasteiger partial charge in [0.2, 0.25) is 0 Å². The van der Waals surface area contributed by atoms with Crippen molar-refractivity contribution < 1.29 is 27.7 Å². The molecule has 0 aliphatic carbocycles. The number of carbonyl (C=O) groups is 1. The molecule has 1 heterocycles. The molecule has 0 aliphatic heterocycles. The predicted octanol–water partition coefficient (Wildman–Crippen LogP) is 4.17. The third-order valence-corrected chi connectivity index (χ3v) is 3.76. The van der Waals surface area contributed by atoms with E-state index in [9.17, 15) is 18.0 Å². The maximum absolute atomic E-state index is 14.6. The minimum atomic E-state index is -0.922. The smallest absolute Gasteiger partial charge is 0.248 e. The molecule has 3 rings (SSSR count). The molecule has 0 saturated carbocycles. The fourth-order valence-corrected chi connectivity index (χ4v) is 2.41. The van der Waals surface area contributed by atoms with Gasteiger partial charge in [0, 0.05) is 17.5 Å². The van der Waals surface area contributed by atoms with Crippen LogP contribution in [0.25, 0.3) is 17.1 Å². The van der Waals surface area contributed by atoms with Crippen LogP contribution in [0, 0.1) is 24.4 Å². The SMILES string of the molecule is CC(=O)OOc1nc(-c2ccc(Cl)cc2F)n(-c2ccc(F)c(C)c2F)n1. The topological polar surface area (TPSA) is 66.2 Å². The maximum atomic E-state index is 14.6. The second kappa shape index (κ2) is 7.28. The Bertz CT molecular complexity index is 1040. The molecule has 0 aliphatic rings. The highest BCUT2D eigenvalue weighted by molar-refractivity contribution is 6.30. The number of halogens is 4. The predicted molar refractivity (Wildman–Crippen MR) is 88.8 cm³/mol. The van der Waals surface area contributed by atoms with Crippen LogP contribution >= 0.6 is 11.6 Å². The number of hydrogen-bond acceptors (Lipinski definition) is 5. The molecule has 2 aromatic carbocycles. The Kier molecular flexibility index (Phi) is 5.04. The molecule has 1 aromatic heterocycles. The van der Waals surface area contributed by atoms with Gasteiger partial charge in [-0.1, -0.05) is 11.6 Å². The number of nitrogens with zero attached hydrogens (tertiary/aromatic N) is 3. The van der Waals surface area contributed by atoms with Crippen LogP contribution in [0.15, 0.2) is 30.3 Å². The Balaban J connectivity index is 2.19. The highest BCUT2D eigenvalue weighted by atomic mass is 35.5. The van der Waals surface area contributed by atoms with Crippen molar-refractivity contribution in [2.24, 2.45) is 0 Å². The first kappa shape index (κ1) is 18.7. The Morgan fingerprint density at radius 3 is 2.56 bits per heavy atom. The summed E-state index contributed by atoms with van der Waals surface area (Å²) in [7, 11) is 0. The lowest BCUT2D eigenvalue weighted by molar-refractivity contribution is -0.214. The molecule has 0 amide bonds. The van der Waals surface area contributed by atoms with Gasteiger partial charge in [-0.05, 0) is 37.3 Å². The molecule has 3 aromatic rings. The van der Waals surface area contributed by atoms with E-state index in [-0.39, 0.29) is 27.7 Å². The van der Waals surface area contributed by atoms with Gasteiger partial charge in [-0.2, -0.15) is 4.98 Å². The first-order valence-corrected chi connectivity index (χ1v) is 7.88. The Hall–Kier alpha value is -3.07. The third-order valence-electron chi connectivity index (χ3n) is 3.52. The molecular weight excluding hydrogens is 387 g/mol. The second-order valence-corrected chi connectivity index (χ2v) is 5.85. The number of hydrogen-bond donors (Lipinski definition) is 0. The minimum Gasteiger partial charge on any atom is -0.248 e. The zero-order valence-corrected chi connectivity index (χ0v) is 14.7. The molecule has 10 heteroatoms. The molecule has 0 radical (unpaired) electrons. The van der Waals surface area contributed by atoms with Crippen molar-refractivity contribution in [1.82, 2.24) is 14.8 Å². The van der Waals surface area contributed by atoms with Crippen molar-refractivity contribution in [3.8, 4) is 23.1 Å². The van der Waals surface area contributed by atoms with Gasteiger partial charge < -0.3 is 0 Å². The molecule has 0 unspecified atom stereocenters. The van der Waals surface area contributed by atoms with Gasteiger partial charge >= 0.3 is 12.0 Å². The van der Waals surface area contributed by atoms with Gasteiger partial charge in [0.05, 0.1) is 5.56 Å². The van der Waals surface area contributed by atoms with E-state index in [1.165, 1.54) is 19.1 Å². The molecule has 0 fully saturated rings. The highest BCUT2D eigenvalue weighted by Crippen LogP contribution is 2.29. The quantitative estimate of drug-likeness (QED) is 0.488. The summed E-state index contributed by atoms with van der Waals surface area (Å²) in [5.41, 5.74) is -0.539. The van der Waals surface area contributed by atoms with Gasteiger partial charge in [-0.3, -0.25) is 0 Å². The van der Waals surface area contributed by atoms with E-state index in [4.69, 9.17) is 11.6 Å². The second-order valence-electron chi connectivity index (χ2n) is 5.42. The number of benzene rings is 2. The van der Waals surface area contributed by atoms with Crippen molar-refractivity contribution in [2.75, 3.05) is 0 Å². The highest BCUT2D eigenvalue weighted by Gasteiger charge is 2.22. The number of rotatable bonds is 4. The monoisotopic (exact) mass is 397 g/mol. The fraction of sp³-hybridized carbons (Fsp3) is 0.118. The summed E-state index contributed by atoms with van der Waals surface area (Å²) in [5, 5.41) is 4.01. The number of aromatic nitrogens is 3. The molecule has 140 valence electrons. The third kappa shape index (κ3) is 3.72. The van der Waals surface area contributed by atoms with Gasteiger partial charge in [-0.25, -0.2) is 32.4 Å². The standard InChI is InChI=1S/C17H11ClF3N3O3/c1-8-12(19)5-6-14(15(8)21)24-16(11-4-3-10(18)7-13(11)20)22-17(23-24)27-26-9(2)25/h3-7H,1-2H3. The molecule has 0 spiro atoms. The van der Waals surface area contributed by atoms with Crippen LogP contribution in [0.5, 0.6) is 6.01 Å². The summed E-state index contributed by atoms with van der Waals surface area (Å²) >= 11 is 5.75. The Morgan fingerprint density at radius 1 is 1.15 bits per heavy atom. The number of carbonyl (C=O) groups excluding carboxylic acids is 1. The summed E-state index contributed by atoms with van der Waals surface area (Å²) in [6.45, 7) is 2.32. The van der Waals surface area contributed by atoms with Crippen molar-refractivity contribution in [1.29, 1.82) is 0 Å². The first-order chi connectivity index (χ1) is 12.8. The fourth-order valence-electron chi connectivity index (χ4n) is 2.25. The van der Waals surface area contributed by atoms with Crippen LogP contribution in [-0.2, 0) is 9.68 Å². The maximum Gasteiger partial charge on any atom is 0.386 e. The summed E-state index contributed by atoms with van der Waals surface area (Å²) in [4.78, 5) is 23.8. The molecule has 0 atom stereocenters. The first-order valence-electron chi connectivity index (χ1n) is 7.50. The van der Waals surface area contributed by atoms with Crippen molar-refractivity contribution in [3.05, 3.63) is 58.4 Å². The van der Waals surface area contributed by atoms with Gasteiger partial charge in [0.1, 0.15) is 17.3 Å². The van der Waals surface area contributed by atoms with Crippen LogP contribution in [-0.4, -0.2) is 20.7 Å². The van der Waals surface area contributed by atoms with E-state index in [1.807, 2.05) is 0 Å². The van der Waals surface area contributed by atoms with Crippen LogP contribution < -0.4 is 4.89 Å². The van der Waals surface area contributed by atoms with Crippen LogP contribution in [0.4, 0.5) is 13.2 Å². The molecule has 0 N–H and O–H groups in total. The molecule has 0 bridgehead atoms. The van der Waals surface area contributed by atoms with E-state index < -0.39 is 29.4 Å². The van der Waals surface area contributed by atoms with E-state index >= 15 is 0 Å². The Labute approximate surface area is 156 Å². The van der Waals surface area contributed by atoms with Crippen LogP contribution in [0.3, 0.4) is 0 Å². The lowest BCUT2D eigenvalue weighted by atomic mass is 10.1. The molecular formula is C17H11ClF3N3O3. The van der Waals surface area contributed by atoms with Crippen molar-refractivity contribution in [2.45, 2.75) is 13.8 Å². The molecule has 27 heavy (non-hydrogen) atoms. The zero-order chi connectivity index (χ0) is 19.7. The zero-order valence-electron chi connectivity index (χ0n) is 14.0. The lowest BCUT2D eigenvalue weighted by Crippen LogP contribution is -2.06. The summed E-state index contributed by atoms with van der Waals surface area (Å²) in [5.74, 6) is -3.39. The van der Waals surface area contributed by atoms with Gasteiger partial charge in [-0.15, -0.1) is 5.10 Å². The van der Waals surface area contributed by atoms with Gasteiger partial charge in [0.25, 0.3) is 0 Å². The average molecular weight is 398 g/mol. The Morgan fingerprint density at radius 2 is 1.89 bits per heavy atom. The summed E-state index contributed by atoms with van der Waals surface area (Å²) in [6.07, 6.45) is 0. The van der Waals surface area contributed by atoms with E-state index in [1.54, 1.807) is 0 Å². The van der Waals surface area contributed by atoms with Crippen molar-refractivity contribution in [3.63, 3.8) is 0 Å². The van der Waals surface area contributed by atoms with E-state index in [0.717, 1.165) is 29.8 Å². The van der Waals surface area contributed by atoms with E-state index in [2.05, 4.69) is 19.9 Å². The minimum absolute atomic E-state index is 0.0778. The van der Waals surface area contributed by atoms with Crippen molar-refractivity contribution >= 4 is 17.6 Å².